The molecule has 0 aromatic heterocycles. The molecule has 2 nitrogen and oxygen atoms in total. The van der Waals surface area contributed by atoms with Gasteiger partial charge >= 0.3 is 0 Å². The fraction of sp³-hybridized carbons (Fsp3) is 0.520. The third-order valence-corrected chi connectivity index (χ3v) is 12.3. The number of halogens is 1. The second-order valence-electron chi connectivity index (χ2n) is 9.31. The molecule has 2 aromatic carbocycles. The highest BCUT2D eigenvalue weighted by atomic mass is 127. The van der Waals surface area contributed by atoms with Crippen molar-refractivity contribution in [1.29, 1.82) is 0 Å². The molecule has 3 rings (SSSR count). The molecule has 1 aliphatic heterocycles. The fourth-order valence-electron chi connectivity index (χ4n) is 4.64. The van der Waals surface area contributed by atoms with Crippen LogP contribution in [0.4, 0.5) is 0 Å². The van der Waals surface area contributed by atoms with Crippen molar-refractivity contribution in [1.82, 2.24) is 0 Å². The van der Waals surface area contributed by atoms with E-state index in [1.54, 1.807) is 0 Å². The lowest BCUT2D eigenvalue weighted by atomic mass is 9.92. The third-order valence-electron chi connectivity index (χ3n) is 6.26. The van der Waals surface area contributed by atoms with Crippen molar-refractivity contribution in [3.8, 4) is 0 Å². The van der Waals surface area contributed by atoms with E-state index in [1.165, 1.54) is 23.2 Å². The molecule has 1 heterocycles. The van der Waals surface area contributed by atoms with Crippen molar-refractivity contribution < 1.29 is 9.16 Å². The average Bonchev–Trinajstić information content (AvgIpc) is 2.73. The first kappa shape index (κ1) is 23.0. The van der Waals surface area contributed by atoms with E-state index in [0.717, 1.165) is 17.5 Å². The number of benzene rings is 2. The summed E-state index contributed by atoms with van der Waals surface area (Å²) in [5, 5.41) is 2.72. The summed E-state index contributed by atoms with van der Waals surface area (Å²) in [4.78, 5) is 0. The smallest absolute Gasteiger partial charge is 0.261 e. The van der Waals surface area contributed by atoms with Crippen LogP contribution in [-0.4, -0.2) is 31.6 Å². The van der Waals surface area contributed by atoms with Gasteiger partial charge in [-0.15, -0.1) is 0 Å². The van der Waals surface area contributed by atoms with E-state index in [4.69, 9.17) is 9.16 Å². The number of hydrogen-bond donors (Lipinski definition) is 0. The fourth-order valence-corrected chi connectivity index (χ4v) is 9.87. The molecule has 1 fully saturated rings. The van der Waals surface area contributed by atoms with Gasteiger partial charge in [0.15, 0.2) is 0 Å². The molecule has 3 atom stereocenters. The first-order valence-electron chi connectivity index (χ1n) is 10.8. The Morgan fingerprint density at radius 3 is 2.00 bits per heavy atom. The standard InChI is InChI=1S/C25H35IO2Si/c1-20-15-16-21(19-26)28-24(20)17-18-27-29(25(2,3)4,22-11-7-5-8-12-22)23-13-9-6-10-14-23/h5-14,20-21,24H,15-19H2,1-4H3/t20-,21+,24-/m0/s1. The quantitative estimate of drug-likeness (QED) is 0.269. The van der Waals surface area contributed by atoms with E-state index >= 15 is 0 Å². The highest BCUT2D eigenvalue weighted by Crippen LogP contribution is 2.37. The molecular weight excluding hydrogens is 487 g/mol. The molecule has 1 aliphatic rings. The van der Waals surface area contributed by atoms with Gasteiger partial charge < -0.3 is 9.16 Å². The lowest BCUT2D eigenvalue weighted by Gasteiger charge is -2.43. The van der Waals surface area contributed by atoms with Crippen molar-refractivity contribution in [3.63, 3.8) is 0 Å². The van der Waals surface area contributed by atoms with Crippen LogP contribution in [0.25, 0.3) is 0 Å². The van der Waals surface area contributed by atoms with E-state index in [0.29, 0.717) is 18.1 Å². The molecule has 0 aliphatic carbocycles. The van der Waals surface area contributed by atoms with Gasteiger partial charge in [0.2, 0.25) is 0 Å². The molecular formula is C25H35IO2Si. The molecule has 0 saturated carbocycles. The van der Waals surface area contributed by atoms with Gasteiger partial charge in [-0.3, -0.25) is 0 Å². The molecule has 0 bridgehead atoms. The summed E-state index contributed by atoms with van der Waals surface area (Å²) in [6, 6.07) is 21.8. The molecule has 0 radical (unpaired) electrons. The van der Waals surface area contributed by atoms with Gasteiger partial charge in [0, 0.05) is 11.0 Å². The van der Waals surface area contributed by atoms with E-state index in [9.17, 15) is 0 Å². The van der Waals surface area contributed by atoms with Crippen LogP contribution in [0.2, 0.25) is 5.04 Å². The summed E-state index contributed by atoms with van der Waals surface area (Å²) in [6.45, 7) is 10.1. The molecule has 29 heavy (non-hydrogen) atoms. The van der Waals surface area contributed by atoms with E-state index in [-0.39, 0.29) is 5.04 Å². The van der Waals surface area contributed by atoms with Crippen molar-refractivity contribution in [2.75, 3.05) is 11.0 Å². The van der Waals surface area contributed by atoms with Crippen LogP contribution in [0.5, 0.6) is 0 Å². The van der Waals surface area contributed by atoms with Crippen LogP contribution < -0.4 is 10.4 Å². The molecule has 0 spiro atoms. The van der Waals surface area contributed by atoms with Crippen molar-refractivity contribution >= 4 is 41.3 Å². The monoisotopic (exact) mass is 522 g/mol. The first-order valence-corrected chi connectivity index (χ1v) is 14.3. The van der Waals surface area contributed by atoms with Gasteiger partial charge in [0.05, 0.1) is 12.2 Å². The number of hydrogen-bond acceptors (Lipinski definition) is 2. The molecule has 0 unspecified atom stereocenters. The van der Waals surface area contributed by atoms with Crippen LogP contribution >= 0.6 is 22.6 Å². The van der Waals surface area contributed by atoms with Crippen LogP contribution in [0.1, 0.15) is 47.0 Å². The van der Waals surface area contributed by atoms with Gasteiger partial charge in [-0.1, -0.05) is 111 Å². The summed E-state index contributed by atoms with van der Waals surface area (Å²) in [7, 11) is -2.44. The maximum atomic E-state index is 7.04. The highest BCUT2D eigenvalue weighted by Gasteiger charge is 2.50. The predicted molar refractivity (Wildman–Crippen MR) is 134 cm³/mol. The Balaban J connectivity index is 1.88. The normalized spacial score (nSPS) is 23.1. The summed E-state index contributed by atoms with van der Waals surface area (Å²) in [5.74, 6) is 0.608. The predicted octanol–water partition coefficient (Wildman–Crippen LogP) is 5.57. The Morgan fingerprint density at radius 2 is 1.52 bits per heavy atom. The minimum absolute atomic E-state index is 0.0273. The topological polar surface area (TPSA) is 18.5 Å². The van der Waals surface area contributed by atoms with E-state index in [1.807, 2.05) is 0 Å². The highest BCUT2D eigenvalue weighted by molar-refractivity contribution is 14.1. The number of rotatable bonds is 7. The average molecular weight is 523 g/mol. The SMILES string of the molecule is C[C@H]1CC[C@H](CI)O[C@H]1CCO[Si](c1ccccc1)(c1ccccc1)C(C)(C)C. The maximum Gasteiger partial charge on any atom is 0.261 e. The van der Waals surface area contributed by atoms with Crippen molar-refractivity contribution in [2.45, 2.75) is 64.2 Å². The Kier molecular flexibility index (Phi) is 7.98. The first-order chi connectivity index (χ1) is 13.9. The Labute approximate surface area is 191 Å². The number of ether oxygens (including phenoxy) is 1. The summed E-state index contributed by atoms with van der Waals surface area (Å²) >= 11 is 2.45. The zero-order valence-corrected chi connectivity index (χ0v) is 21.4. The molecule has 2 aromatic rings. The Bertz CT molecular complexity index is 705. The zero-order chi connectivity index (χ0) is 20.9. The number of alkyl halides is 1. The van der Waals surface area contributed by atoms with Gasteiger partial charge in [-0.05, 0) is 40.6 Å². The van der Waals surface area contributed by atoms with Crippen molar-refractivity contribution in [3.05, 3.63) is 60.7 Å². The third kappa shape index (κ3) is 5.14. The minimum Gasteiger partial charge on any atom is -0.407 e. The van der Waals surface area contributed by atoms with Crippen LogP contribution in [-0.2, 0) is 9.16 Å². The van der Waals surface area contributed by atoms with Gasteiger partial charge in [-0.25, -0.2) is 0 Å². The van der Waals surface area contributed by atoms with Gasteiger partial charge in [0.25, 0.3) is 8.32 Å². The van der Waals surface area contributed by atoms with Crippen LogP contribution in [0, 0.1) is 5.92 Å². The molecule has 0 amide bonds. The lowest BCUT2D eigenvalue weighted by Crippen LogP contribution is -2.66. The largest absolute Gasteiger partial charge is 0.407 e. The van der Waals surface area contributed by atoms with E-state index < -0.39 is 8.32 Å². The Morgan fingerprint density at radius 1 is 0.966 bits per heavy atom. The molecule has 158 valence electrons. The van der Waals surface area contributed by atoms with Crippen LogP contribution in [0.15, 0.2) is 60.7 Å². The second kappa shape index (κ2) is 10.1. The van der Waals surface area contributed by atoms with Crippen molar-refractivity contribution in [2.24, 2.45) is 5.92 Å². The lowest BCUT2D eigenvalue weighted by molar-refractivity contribution is -0.0742. The van der Waals surface area contributed by atoms with E-state index in [2.05, 4.69) is 111 Å². The second-order valence-corrected chi connectivity index (χ2v) is 14.5. The molecule has 4 heteroatoms. The summed E-state index contributed by atoms with van der Waals surface area (Å²) < 4.78 is 14.5. The Hall–Kier alpha value is -0.693. The molecule has 1 saturated heterocycles. The van der Waals surface area contributed by atoms with Gasteiger partial charge in [0.1, 0.15) is 0 Å². The maximum absolute atomic E-state index is 7.04. The van der Waals surface area contributed by atoms with Gasteiger partial charge in [-0.2, -0.15) is 0 Å². The van der Waals surface area contributed by atoms with Crippen LogP contribution in [0.3, 0.4) is 0 Å². The minimum atomic E-state index is -2.44. The summed E-state index contributed by atoms with van der Waals surface area (Å²) in [5.41, 5.74) is 0. The molecule has 0 N–H and O–H groups in total. The summed E-state index contributed by atoms with van der Waals surface area (Å²) in [6.07, 6.45) is 4.14. The zero-order valence-electron chi connectivity index (χ0n) is 18.2.